The summed E-state index contributed by atoms with van der Waals surface area (Å²) in [5.41, 5.74) is 3.04. The highest BCUT2D eigenvalue weighted by atomic mass is 16.5. The van der Waals surface area contributed by atoms with E-state index < -0.39 is 0 Å². The Morgan fingerprint density at radius 3 is 3.11 bits per heavy atom. The van der Waals surface area contributed by atoms with Crippen molar-refractivity contribution in [2.45, 2.75) is 32.8 Å². The molecule has 1 N–H and O–H groups in total. The van der Waals surface area contributed by atoms with Gasteiger partial charge in [-0.15, -0.1) is 0 Å². The Morgan fingerprint density at radius 2 is 2.32 bits per heavy atom. The first-order valence-electron chi connectivity index (χ1n) is 6.94. The van der Waals surface area contributed by atoms with Crippen molar-refractivity contribution < 1.29 is 9.53 Å². The molecule has 2 atom stereocenters. The fourth-order valence-electron chi connectivity index (χ4n) is 2.99. The first kappa shape index (κ1) is 12.4. The Kier molecular flexibility index (Phi) is 3.15. The summed E-state index contributed by atoms with van der Waals surface area (Å²) in [5.74, 6) is 0.241. The Bertz CT molecular complexity index is 614. The maximum atomic E-state index is 12.7. The number of H-pyrrole nitrogens is 1. The second-order valence-electron chi connectivity index (χ2n) is 5.33. The topological polar surface area (TPSA) is 42.1 Å². The summed E-state index contributed by atoms with van der Waals surface area (Å²) >= 11 is 0. The standard InChI is InChI=1S/C16H19NO2/c1-3-15-12(6-7-19-15)16(18)13-9-17-14-8-10(2)4-5-11(13)14/h4-5,8-9,12,15,17H,3,6-7H2,1-2H3. The molecule has 0 aliphatic carbocycles. The number of carbonyl (C=O) groups is 1. The van der Waals surface area contributed by atoms with Gasteiger partial charge in [0.1, 0.15) is 0 Å². The summed E-state index contributed by atoms with van der Waals surface area (Å²) in [6, 6.07) is 6.16. The van der Waals surface area contributed by atoms with Gasteiger partial charge in [-0.1, -0.05) is 19.1 Å². The van der Waals surface area contributed by atoms with Crippen LogP contribution in [0, 0.1) is 12.8 Å². The lowest BCUT2D eigenvalue weighted by molar-refractivity contribution is 0.0690. The van der Waals surface area contributed by atoms with Gasteiger partial charge in [0.2, 0.25) is 0 Å². The van der Waals surface area contributed by atoms with Crippen molar-refractivity contribution in [1.29, 1.82) is 0 Å². The Labute approximate surface area is 113 Å². The zero-order chi connectivity index (χ0) is 13.4. The van der Waals surface area contributed by atoms with Crippen LogP contribution in [0.5, 0.6) is 0 Å². The summed E-state index contributed by atoms with van der Waals surface area (Å²) < 4.78 is 5.63. The second kappa shape index (κ2) is 4.82. The molecule has 1 aromatic carbocycles. The molecular weight excluding hydrogens is 238 g/mol. The van der Waals surface area contributed by atoms with E-state index in [1.807, 2.05) is 12.3 Å². The summed E-state index contributed by atoms with van der Waals surface area (Å²) in [7, 11) is 0. The first-order chi connectivity index (χ1) is 9.20. The smallest absolute Gasteiger partial charge is 0.170 e. The minimum Gasteiger partial charge on any atom is -0.377 e. The molecule has 3 heteroatoms. The van der Waals surface area contributed by atoms with E-state index in [9.17, 15) is 4.79 Å². The van der Waals surface area contributed by atoms with Crippen molar-refractivity contribution in [3.05, 3.63) is 35.5 Å². The molecule has 1 aromatic heterocycles. The van der Waals surface area contributed by atoms with Crippen LogP contribution in [0.1, 0.15) is 35.7 Å². The van der Waals surface area contributed by atoms with E-state index in [1.165, 1.54) is 5.56 Å². The fraction of sp³-hybridized carbons (Fsp3) is 0.438. The van der Waals surface area contributed by atoms with E-state index in [4.69, 9.17) is 4.74 Å². The van der Waals surface area contributed by atoms with E-state index in [1.54, 1.807) is 0 Å². The molecular formula is C16H19NO2. The quantitative estimate of drug-likeness (QED) is 0.855. The summed E-state index contributed by atoms with van der Waals surface area (Å²) in [5, 5.41) is 1.03. The third-order valence-corrected chi connectivity index (χ3v) is 4.05. The van der Waals surface area contributed by atoms with Crippen molar-refractivity contribution in [2.75, 3.05) is 6.61 Å². The van der Waals surface area contributed by atoms with Gasteiger partial charge in [-0.3, -0.25) is 4.79 Å². The van der Waals surface area contributed by atoms with Crippen LogP contribution in [0.4, 0.5) is 0 Å². The summed E-state index contributed by atoms with van der Waals surface area (Å²) in [6.07, 6.45) is 3.67. The number of aromatic amines is 1. The predicted molar refractivity (Wildman–Crippen MR) is 75.5 cm³/mol. The highest BCUT2D eigenvalue weighted by molar-refractivity contribution is 6.09. The van der Waals surface area contributed by atoms with E-state index in [2.05, 4.69) is 31.0 Å². The average molecular weight is 257 g/mol. The molecule has 1 saturated heterocycles. The van der Waals surface area contributed by atoms with Gasteiger partial charge in [0.05, 0.1) is 12.0 Å². The number of rotatable bonds is 3. The van der Waals surface area contributed by atoms with Crippen molar-refractivity contribution in [3.8, 4) is 0 Å². The maximum absolute atomic E-state index is 12.7. The van der Waals surface area contributed by atoms with Crippen LogP contribution in [0.15, 0.2) is 24.4 Å². The highest BCUT2D eigenvalue weighted by Gasteiger charge is 2.34. The van der Waals surface area contributed by atoms with Gasteiger partial charge < -0.3 is 9.72 Å². The molecule has 0 spiro atoms. The zero-order valence-electron chi connectivity index (χ0n) is 11.4. The van der Waals surface area contributed by atoms with Gasteiger partial charge in [0.25, 0.3) is 0 Å². The van der Waals surface area contributed by atoms with Gasteiger partial charge in [-0.2, -0.15) is 0 Å². The number of nitrogens with one attached hydrogen (secondary N) is 1. The number of ether oxygens (including phenoxy) is 1. The van der Waals surface area contributed by atoms with Crippen molar-refractivity contribution in [2.24, 2.45) is 5.92 Å². The SMILES string of the molecule is CCC1OCCC1C(=O)c1c[nH]c2cc(C)ccc12. The molecule has 2 aromatic rings. The zero-order valence-corrected chi connectivity index (χ0v) is 11.4. The average Bonchev–Trinajstić information content (AvgIpc) is 3.03. The lowest BCUT2D eigenvalue weighted by Crippen LogP contribution is -2.23. The van der Waals surface area contributed by atoms with Crippen LogP contribution in [-0.4, -0.2) is 23.5 Å². The van der Waals surface area contributed by atoms with Crippen molar-refractivity contribution in [3.63, 3.8) is 0 Å². The van der Waals surface area contributed by atoms with Crippen LogP contribution in [0.25, 0.3) is 10.9 Å². The van der Waals surface area contributed by atoms with Crippen LogP contribution in [0.3, 0.4) is 0 Å². The first-order valence-corrected chi connectivity index (χ1v) is 6.94. The van der Waals surface area contributed by atoms with E-state index in [0.717, 1.165) is 29.3 Å². The minimum atomic E-state index is 0.0188. The monoisotopic (exact) mass is 257 g/mol. The third-order valence-electron chi connectivity index (χ3n) is 4.05. The van der Waals surface area contributed by atoms with Crippen LogP contribution >= 0.6 is 0 Å². The molecule has 0 radical (unpaired) electrons. The Balaban J connectivity index is 1.98. The van der Waals surface area contributed by atoms with Crippen molar-refractivity contribution >= 4 is 16.7 Å². The minimum absolute atomic E-state index is 0.0188. The number of aromatic nitrogens is 1. The lowest BCUT2D eigenvalue weighted by atomic mass is 9.90. The van der Waals surface area contributed by atoms with Crippen LogP contribution < -0.4 is 0 Å². The molecule has 0 amide bonds. The summed E-state index contributed by atoms with van der Waals surface area (Å²) in [6.45, 7) is 4.84. The van der Waals surface area contributed by atoms with Gasteiger partial charge in [-0.25, -0.2) is 0 Å². The molecule has 0 bridgehead atoms. The molecule has 2 heterocycles. The molecule has 2 unspecified atom stereocenters. The van der Waals surface area contributed by atoms with Crippen LogP contribution in [-0.2, 0) is 4.74 Å². The molecule has 19 heavy (non-hydrogen) atoms. The number of ketones is 1. The lowest BCUT2D eigenvalue weighted by Gasteiger charge is -2.15. The predicted octanol–water partition coefficient (Wildman–Crippen LogP) is 3.47. The Hall–Kier alpha value is -1.61. The van der Waals surface area contributed by atoms with Gasteiger partial charge in [-0.05, 0) is 31.4 Å². The van der Waals surface area contributed by atoms with E-state index in [-0.39, 0.29) is 17.8 Å². The normalized spacial score (nSPS) is 23.1. The second-order valence-corrected chi connectivity index (χ2v) is 5.33. The van der Waals surface area contributed by atoms with Gasteiger partial charge in [0.15, 0.2) is 5.78 Å². The number of fused-ring (bicyclic) bond motifs is 1. The van der Waals surface area contributed by atoms with E-state index in [0.29, 0.717) is 6.61 Å². The molecule has 100 valence electrons. The number of hydrogen-bond donors (Lipinski definition) is 1. The number of carbonyl (C=O) groups excluding carboxylic acids is 1. The highest BCUT2D eigenvalue weighted by Crippen LogP contribution is 2.30. The number of Topliss-reactive ketones (excluding diaryl/α,β-unsaturated/α-hetero) is 1. The van der Waals surface area contributed by atoms with Gasteiger partial charge >= 0.3 is 0 Å². The fourth-order valence-corrected chi connectivity index (χ4v) is 2.99. The maximum Gasteiger partial charge on any atom is 0.170 e. The molecule has 1 aliphatic rings. The molecule has 0 saturated carbocycles. The van der Waals surface area contributed by atoms with E-state index >= 15 is 0 Å². The third kappa shape index (κ3) is 2.08. The number of benzene rings is 1. The number of hydrogen-bond acceptors (Lipinski definition) is 2. The number of aryl methyl sites for hydroxylation is 1. The molecule has 1 aliphatic heterocycles. The summed E-state index contributed by atoms with van der Waals surface area (Å²) in [4.78, 5) is 15.9. The molecule has 3 rings (SSSR count). The molecule has 1 fully saturated rings. The largest absolute Gasteiger partial charge is 0.377 e. The molecule has 3 nitrogen and oxygen atoms in total. The van der Waals surface area contributed by atoms with Gasteiger partial charge in [0, 0.05) is 29.3 Å². The van der Waals surface area contributed by atoms with Crippen LogP contribution in [0.2, 0.25) is 0 Å². The van der Waals surface area contributed by atoms with Crippen molar-refractivity contribution in [1.82, 2.24) is 4.98 Å². The Morgan fingerprint density at radius 1 is 1.47 bits per heavy atom.